The second-order valence-electron chi connectivity index (χ2n) is 18.3. The van der Waals surface area contributed by atoms with Crippen molar-refractivity contribution in [2.45, 2.75) is 111 Å². The van der Waals surface area contributed by atoms with Gasteiger partial charge in [0, 0.05) is 11.4 Å². The van der Waals surface area contributed by atoms with Crippen LogP contribution in [0.2, 0.25) is 0 Å². The van der Waals surface area contributed by atoms with Crippen molar-refractivity contribution >= 4 is 65.4 Å². The Balaban J connectivity index is 0.000000169. The number of urea groups is 2. The molecule has 0 fully saturated rings. The minimum absolute atomic E-state index is 0.0594. The summed E-state index contributed by atoms with van der Waals surface area (Å²) in [5, 5.41) is 20.7. The summed E-state index contributed by atoms with van der Waals surface area (Å²) in [5.41, 5.74) is 10.6. The molecule has 9 rings (SSSR count). The monoisotopic (exact) mass is 1040 g/mol. The lowest BCUT2D eigenvalue weighted by Gasteiger charge is -2.19. The number of methoxy groups -OCH3 is 2. The number of aryl methyl sites for hydroxylation is 4. The Hall–Kier alpha value is -6.65. The predicted octanol–water partition coefficient (Wildman–Crippen LogP) is 6.48. The largest absolute Gasteiger partial charge is 0.465 e. The van der Waals surface area contributed by atoms with Crippen LogP contribution in [0.1, 0.15) is 110 Å². The maximum Gasteiger partial charge on any atom is 0.337 e. The SMILES string of the molecule is CC(C)(O)c1cccc(S(=O)(=O)NC(=O)Nc2c3c(cc4c2CCC4)CCC3)c1.COC(=O)c1cccc(S(=O)(=O)NC(=O)Nc2c3c(cc4c2CCC4)CCC3)c1.COC(=O)c1cccc(S(N)(=O)=O)c1. The highest BCUT2D eigenvalue weighted by atomic mass is 32.2. The summed E-state index contributed by atoms with van der Waals surface area (Å²) in [6.07, 6.45) is 11.7. The molecule has 0 bridgehead atoms. The van der Waals surface area contributed by atoms with Crippen molar-refractivity contribution in [2.24, 2.45) is 5.14 Å². The van der Waals surface area contributed by atoms with E-state index in [9.17, 15) is 49.5 Å². The van der Waals surface area contributed by atoms with E-state index in [1.165, 1.54) is 97.1 Å². The first-order chi connectivity index (χ1) is 34.0. The van der Waals surface area contributed by atoms with Gasteiger partial charge in [-0.2, -0.15) is 0 Å². The van der Waals surface area contributed by atoms with Crippen LogP contribution in [0.4, 0.5) is 21.0 Å². The van der Waals surface area contributed by atoms with Crippen LogP contribution in [0.5, 0.6) is 0 Å². The van der Waals surface area contributed by atoms with Crippen molar-refractivity contribution < 1.29 is 59.0 Å². The molecule has 4 amide bonds. The Kier molecular flexibility index (Phi) is 15.9. The molecule has 0 atom stereocenters. The summed E-state index contributed by atoms with van der Waals surface area (Å²) in [4.78, 5) is 47.6. The van der Waals surface area contributed by atoms with Gasteiger partial charge in [0.15, 0.2) is 0 Å². The summed E-state index contributed by atoms with van der Waals surface area (Å²) >= 11 is 0. The zero-order chi connectivity index (χ0) is 52.2. The highest BCUT2D eigenvalue weighted by molar-refractivity contribution is 7.90. The molecule has 0 heterocycles. The zero-order valence-corrected chi connectivity index (χ0v) is 42.7. The van der Waals surface area contributed by atoms with Crippen molar-refractivity contribution in [2.75, 3.05) is 24.9 Å². The van der Waals surface area contributed by atoms with Gasteiger partial charge < -0.3 is 25.2 Å². The summed E-state index contributed by atoms with van der Waals surface area (Å²) in [5.74, 6) is -1.25. The minimum atomic E-state index is -4.14. The van der Waals surface area contributed by atoms with Crippen LogP contribution in [-0.2, 0) is 96.5 Å². The maximum absolute atomic E-state index is 12.7. The Bertz CT molecular complexity index is 3250. The van der Waals surface area contributed by atoms with Gasteiger partial charge in [0.1, 0.15) is 0 Å². The number of fused-ring (bicyclic) bond motifs is 4. The van der Waals surface area contributed by atoms with Gasteiger partial charge in [0.05, 0.1) is 45.6 Å². The van der Waals surface area contributed by atoms with Gasteiger partial charge in [-0.25, -0.2) is 59.0 Å². The van der Waals surface area contributed by atoms with Crippen LogP contribution in [0.15, 0.2) is 99.6 Å². The van der Waals surface area contributed by atoms with Gasteiger partial charge in [0.2, 0.25) is 10.0 Å². The van der Waals surface area contributed by atoms with E-state index in [2.05, 4.69) is 41.7 Å². The van der Waals surface area contributed by atoms with Gasteiger partial charge in [-0.15, -0.1) is 0 Å². The molecule has 18 nitrogen and oxygen atoms in total. The number of hydrogen-bond acceptors (Lipinski definition) is 13. The lowest BCUT2D eigenvalue weighted by molar-refractivity contribution is 0.0591. The summed E-state index contributed by atoms with van der Waals surface area (Å²) in [7, 11) is -9.55. The summed E-state index contributed by atoms with van der Waals surface area (Å²) in [6.45, 7) is 3.16. The van der Waals surface area contributed by atoms with Gasteiger partial charge in [-0.1, -0.05) is 36.4 Å². The molecule has 382 valence electrons. The molecular formula is C51H57N5O13S3. The molecule has 0 unspecified atom stereocenters. The topological polar surface area (TPSA) is 284 Å². The van der Waals surface area contributed by atoms with Gasteiger partial charge in [-0.05, 0) is 189 Å². The van der Waals surface area contributed by atoms with Crippen LogP contribution >= 0.6 is 0 Å². The highest BCUT2D eigenvalue weighted by Crippen LogP contribution is 2.40. The number of carbonyl (C=O) groups excluding carboxylic acids is 4. The number of nitrogens with one attached hydrogen (secondary N) is 4. The molecule has 72 heavy (non-hydrogen) atoms. The van der Waals surface area contributed by atoms with Crippen LogP contribution in [-0.4, -0.2) is 68.6 Å². The molecule has 0 saturated carbocycles. The van der Waals surface area contributed by atoms with Crippen molar-refractivity contribution in [3.8, 4) is 0 Å². The Morgan fingerprint density at radius 3 is 1.22 bits per heavy atom. The Morgan fingerprint density at radius 2 is 0.861 bits per heavy atom. The Morgan fingerprint density at radius 1 is 0.514 bits per heavy atom. The van der Waals surface area contributed by atoms with E-state index in [-0.39, 0.29) is 25.8 Å². The Labute approximate surface area is 419 Å². The first-order valence-electron chi connectivity index (χ1n) is 23.2. The number of nitrogens with two attached hydrogens (primary N) is 1. The third-order valence-corrected chi connectivity index (χ3v) is 16.4. The quantitative estimate of drug-likeness (QED) is 0.0818. The molecular weight excluding hydrogens is 987 g/mol. The van der Waals surface area contributed by atoms with E-state index in [0.717, 1.165) is 111 Å². The molecule has 4 aliphatic carbocycles. The van der Waals surface area contributed by atoms with Crippen LogP contribution < -0.4 is 25.2 Å². The molecule has 4 aliphatic rings. The van der Waals surface area contributed by atoms with Crippen molar-refractivity contribution in [1.82, 2.24) is 9.44 Å². The second-order valence-corrected chi connectivity index (χ2v) is 23.2. The average molecular weight is 1040 g/mol. The summed E-state index contributed by atoms with van der Waals surface area (Å²) < 4.78 is 85.8. The molecule has 7 N–H and O–H groups in total. The van der Waals surface area contributed by atoms with E-state index in [1.807, 2.05) is 0 Å². The minimum Gasteiger partial charge on any atom is -0.465 e. The maximum atomic E-state index is 12.7. The fraction of sp³-hybridized carbons (Fsp3) is 0.333. The number of rotatable bonds is 10. The average Bonchev–Trinajstić information content (AvgIpc) is 4.19. The standard InChI is InChI=1S/C22H26N2O4S.C21H22N2O5S.C8H9NO4S/c1-22(2,26)16-8-5-9-17(13-16)29(27,28)24-21(25)23-20-18-10-3-6-14(18)12-15-7-4-11-19(15)20;1-28-20(24)15-7-2-8-16(12-15)29(26,27)23-21(25)22-19-17-9-3-5-13(17)11-14-6-4-10-18(14)19;1-13-8(10)6-3-2-4-7(5-6)14(9,11)12/h5,8-9,12-13,26H,3-4,6-7,10-11H2,1-2H3,(H2,23,24,25);2,7-8,11-12H,3-6,9-10H2,1H3,(H2,22,23,25);2-5H,1H3,(H2,9,11,12). The van der Waals surface area contributed by atoms with E-state index in [1.54, 1.807) is 26.0 Å². The second kappa shape index (κ2) is 21.6. The third-order valence-electron chi connectivity index (χ3n) is 12.9. The number of primary sulfonamides is 1. The predicted molar refractivity (Wildman–Crippen MR) is 268 cm³/mol. The smallest absolute Gasteiger partial charge is 0.337 e. The normalized spacial score (nSPS) is 14.4. The molecule has 0 aromatic heterocycles. The van der Waals surface area contributed by atoms with E-state index in [4.69, 9.17) is 5.14 Å². The first-order valence-corrected chi connectivity index (χ1v) is 27.7. The lowest BCUT2D eigenvalue weighted by atomic mass is 9.99. The molecule has 21 heteroatoms. The fourth-order valence-electron chi connectivity index (χ4n) is 9.44. The van der Waals surface area contributed by atoms with Crippen LogP contribution in [0.25, 0.3) is 0 Å². The van der Waals surface area contributed by atoms with Crippen LogP contribution in [0.3, 0.4) is 0 Å². The van der Waals surface area contributed by atoms with Crippen molar-refractivity contribution in [3.63, 3.8) is 0 Å². The van der Waals surface area contributed by atoms with Crippen LogP contribution in [0, 0.1) is 0 Å². The highest BCUT2D eigenvalue weighted by Gasteiger charge is 2.29. The third kappa shape index (κ3) is 12.3. The van der Waals surface area contributed by atoms with Gasteiger partial charge in [-0.3, -0.25) is 0 Å². The van der Waals surface area contributed by atoms with E-state index < -0.39 is 59.7 Å². The number of carbonyl (C=O) groups is 4. The number of anilines is 2. The van der Waals surface area contributed by atoms with Gasteiger partial charge >= 0.3 is 24.0 Å². The summed E-state index contributed by atoms with van der Waals surface area (Å²) in [6, 6.07) is 19.6. The number of hydrogen-bond donors (Lipinski definition) is 6. The number of esters is 2. The van der Waals surface area contributed by atoms with Crippen molar-refractivity contribution in [3.05, 3.63) is 146 Å². The molecule has 0 saturated heterocycles. The number of aliphatic hydroxyl groups is 1. The molecule has 0 radical (unpaired) electrons. The number of benzene rings is 5. The molecule has 5 aromatic rings. The molecule has 5 aromatic carbocycles. The zero-order valence-electron chi connectivity index (χ0n) is 40.2. The lowest BCUT2D eigenvalue weighted by Crippen LogP contribution is -2.35. The number of amides is 4. The first kappa shape index (κ1) is 53.2. The van der Waals surface area contributed by atoms with Gasteiger partial charge in [0.25, 0.3) is 20.0 Å². The van der Waals surface area contributed by atoms with E-state index >= 15 is 0 Å². The number of sulfonamides is 3. The number of ether oxygens (including phenoxy) is 2. The molecule has 0 aliphatic heterocycles. The van der Waals surface area contributed by atoms with E-state index in [0.29, 0.717) is 5.56 Å². The fourth-order valence-corrected chi connectivity index (χ4v) is 11.9. The molecule has 0 spiro atoms. The van der Waals surface area contributed by atoms with Crippen molar-refractivity contribution in [1.29, 1.82) is 0 Å².